The van der Waals surface area contributed by atoms with Gasteiger partial charge in [-0.25, -0.2) is 0 Å². The first-order valence-corrected chi connectivity index (χ1v) is 10.6. The number of ether oxygens (including phenoxy) is 2. The van der Waals surface area contributed by atoms with Crippen LogP contribution in [0.15, 0.2) is 85.1 Å². The zero-order valence-electron chi connectivity index (χ0n) is 16.3. The van der Waals surface area contributed by atoms with Crippen molar-refractivity contribution in [1.82, 2.24) is 0 Å². The van der Waals surface area contributed by atoms with Gasteiger partial charge < -0.3 is 14.0 Å². The van der Waals surface area contributed by atoms with E-state index in [0.29, 0.717) is 27.4 Å². The Balaban J connectivity index is 2.31. The van der Waals surface area contributed by atoms with E-state index in [4.69, 9.17) is 9.47 Å². The van der Waals surface area contributed by atoms with Gasteiger partial charge in [-0.3, -0.25) is 0 Å². The Morgan fingerprint density at radius 3 is 1.79 bits per heavy atom. The summed E-state index contributed by atoms with van der Waals surface area (Å²) in [6, 6.07) is 22.6. The van der Waals surface area contributed by atoms with Gasteiger partial charge in [0.05, 0.1) is 19.5 Å². The highest BCUT2D eigenvalue weighted by Crippen LogP contribution is 2.56. The molecule has 142 valence electrons. The first kappa shape index (κ1) is 19.8. The van der Waals surface area contributed by atoms with Gasteiger partial charge in [-0.05, 0) is 36.8 Å². The van der Waals surface area contributed by atoms with Crippen molar-refractivity contribution in [1.29, 1.82) is 0 Å². The second-order valence-electron chi connectivity index (χ2n) is 6.40. The second kappa shape index (κ2) is 8.35. The van der Waals surface area contributed by atoms with Gasteiger partial charge in [0.2, 0.25) is 0 Å². The molecule has 0 unspecified atom stereocenters. The Morgan fingerprint density at radius 2 is 1.36 bits per heavy atom. The molecule has 0 amide bonds. The summed E-state index contributed by atoms with van der Waals surface area (Å²) in [5.41, 5.74) is 4.93. The van der Waals surface area contributed by atoms with Crippen molar-refractivity contribution in [3.63, 3.8) is 0 Å². The predicted molar refractivity (Wildman–Crippen MR) is 117 cm³/mol. The van der Waals surface area contributed by atoms with Crippen molar-refractivity contribution in [3.8, 4) is 11.5 Å². The number of benzene rings is 3. The summed E-state index contributed by atoms with van der Waals surface area (Å²) in [7, 11) is -0.0744. The quantitative estimate of drug-likeness (QED) is 0.431. The average Bonchev–Trinajstić information content (AvgIpc) is 2.75. The Kier molecular flexibility index (Phi) is 5.90. The van der Waals surface area contributed by atoms with Gasteiger partial charge >= 0.3 is 0 Å². The molecular formula is C24H23O3P. The van der Waals surface area contributed by atoms with E-state index in [0.717, 1.165) is 11.1 Å². The first-order valence-electron chi connectivity index (χ1n) is 8.90. The van der Waals surface area contributed by atoms with Gasteiger partial charge in [-0.1, -0.05) is 60.7 Å². The lowest BCUT2D eigenvalue weighted by atomic mass is 10.1. The molecule has 0 saturated carbocycles. The molecule has 0 atom stereocenters. The molecule has 3 aromatic rings. The van der Waals surface area contributed by atoms with Crippen molar-refractivity contribution >= 4 is 23.1 Å². The van der Waals surface area contributed by atoms with Crippen LogP contribution in [-0.4, -0.2) is 14.2 Å². The maximum absolute atomic E-state index is 14.7. The molecule has 0 aliphatic carbocycles. The van der Waals surface area contributed by atoms with E-state index in [1.807, 2.05) is 79.7 Å². The molecule has 3 rings (SSSR count). The van der Waals surface area contributed by atoms with Crippen LogP contribution >= 0.6 is 7.14 Å². The van der Waals surface area contributed by atoms with E-state index in [-0.39, 0.29) is 0 Å². The van der Waals surface area contributed by atoms with Gasteiger partial charge in [-0.2, -0.15) is 0 Å². The van der Waals surface area contributed by atoms with Crippen molar-refractivity contribution in [2.45, 2.75) is 6.92 Å². The molecule has 0 radical (unpaired) electrons. The largest absolute Gasteiger partial charge is 0.497 e. The normalized spacial score (nSPS) is 10.8. The molecule has 3 aromatic carbocycles. The van der Waals surface area contributed by atoms with Crippen LogP contribution in [0.2, 0.25) is 0 Å². The minimum Gasteiger partial charge on any atom is -0.497 e. The monoisotopic (exact) mass is 390 g/mol. The molecular weight excluding hydrogens is 367 g/mol. The van der Waals surface area contributed by atoms with Gasteiger partial charge in [0.15, 0.2) is 7.14 Å². The molecule has 0 saturated heterocycles. The highest BCUT2D eigenvalue weighted by Gasteiger charge is 2.33. The van der Waals surface area contributed by atoms with Crippen LogP contribution in [0.5, 0.6) is 11.5 Å². The van der Waals surface area contributed by atoms with Crippen molar-refractivity contribution in [2.75, 3.05) is 14.2 Å². The molecule has 0 bridgehead atoms. The summed E-state index contributed by atoms with van der Waals surface area (Å²) in [5, 5.41) is 1.88. The average molecular weight is 390 g/mol. The molecule has 28 heavy (non-hydrogen) atoms. The lowest BCUT2D eigenvalue weighted by Gasteiger charge is -2.22. The zero-order chi connectivity index (χ0) is 20.1. The molecule has 0 aliphatic rings. The number of methoxy groups -OCH3 is 2. The van der Waals surface area contributed by atoms with Crippen molar-refractivity contribution < 1.29 is 14.0 Å². The lowest BCUT2D eigenvalue weighted by Crippen LogP contribution is -2.17. The second-order valence-corrected chi connectivity index (χ2v) is 9.10. The molecule has 4 heteroatoms. The summed E-state index contributed by atoms with van der Waals surface area (Å²) >= 11 is 0. The number of hydrogen-bond acceptors (Lipinski definition) is 3. The molecule has 0 aliphatic heterocycles. The van der Waals surface area contributed by atoms with Gasteiger partial charge in [0.25, 0.3) is 0 Å². The zero-order valence-corrected chi connectivity index (χ0v) is 17.2. The SMILES string of the molecule is C=C=C(c1ccc(C)cc1)P(=O)(c1cccc(OC)c1)c1cccc(OC)c1. The summed E-state index contributed by atoms with van der Waals surface area (Å²) < 4.78 is 25.5. The third-order valence-electron chi connectivity index (χ3n) is 4.64. The summed E-state index contributed by atoms with van der Waals surface area (Å²) in [4.78, 5) is 0. The smallest absolute Gasteiger partial charge is 0.179 e. The fourth-order valence-electron chi connectivity index (χ4n) is 3.13. The Labute approximate surface area is 166 Å². The molecule has 0 N–H and O–H groups in total. The predicted octanol–water partition coefficient (Wildman–Crippen LogP) is 5.15. The van der Waals surface area contributed by atoms with Crippen LogP contribution in [0.25, 0.3) is 5.31 Å². The van der Waals surface area contributed by atoms with Crippen LogP contribution in [0.3, 0.4) is 0 Å². The molecule has 0 fully saturated rings. The molecule has 0 spiro atoms. The Hall–Kier alpha value is -2.99. The summed E-state index contributed by atoms with van der Waals surface area (Å²) in [6.45, 7) is 5.88. The molecule has 0 heterocycles. The van der Waals surface area contributed by atoms with Crippen molar-refractivity contribution in [3.05, 3.63) is 96.2 Å². The van der Waals surface area contributed by atoms with Crippen molar-refractivity contribution in [2.24, 2.45) is 0 Å². The molecule has 0 aromatic heterocycles. The molecule has 3 nitrogen and oxygen atoms in total. The Bertz CT molecular complexity index is 1030. The minimum atomic E-state index is -3.27. The highest BCUT2D eigenvalue weighted by molar-refractivity contribution is 7.87. The standard InChI is InChI=1S/C24H23O3P/c1-5-24(19-14-12-18(2)13-15-19)28(25,22-10-6-8-20(16-22)26-3)23-11-7-9-21(17-23)27-4/h6-17H,1H2,2-4H3. The first-order chi connectivity index (χ1) is 13.5. The Morgan fingerprint density at radius 1 is 0.857 bits per heavy atom. The van der Waals surface area contributed by atoms with E-state index < -0.39 is 7.14 Å². The van der Waals surface area contributed by atoms with Crippen LogP contribution in [0.4, 0.5) is 0 Å². The number of rotatable bonds is 6. The van der Waals surface area contributed by atoms with Crippen LogP contribution in [-0.2, 0) is 4.57 Å². The van der Waals surface area contributed by atoms with E-state index in [1.165, 1.54) is 0 Å². The van der Waals surface area contributed by atoms with Gasteiger partial charge in [0, 0.05) is 10.6 Å². The fraction of sp³-hybridized carbons (Fsp3) is 0.125. The van der Waals surface area contributed by atoms with E-state index in [9.17, 15) is 4.57 Å². The summed E-state index contributed by atoms with van der Waals surface area (Å²) in [5.74, 6) is 1.29. The third kappa shape index (κ3) is 3.68. The third-order valence-corrected chi connectivity index (χ3v) is 7.70. The van der Waals surface area contributed by atoms with Gasteiger partial charge in [-0.15, -0.1) is 5.73 Å². The van der Waals surface area contributed by atoms with Crippen LogP contribution in [0.1, 0.15) is 11.1 Å². The van der Waals surface area contributed by atoms with E-state index >= 15 is 0 Å². The lowest BCUT2D eigenvalue weighted by molar-refractivity contribution is 0.415. The summed E-state index contributed by atoms with van der Waals surface area (Å²) in [6.07, 6.45) is 0. The maximum atomic E-state index is 14.7. The van der Waals surface area contributed by atoms with E-state index in [2.05, 4.69) is 12.3 Å². The minimum absolute atomic E-state index is 0.564. The number of aryl methyl sites for hydroxylation is 1. The highest BCUT2D eigenvalue weighted by atomic mass is 31.2. The maximum Gasteiger partial charge on any atom is 0.179 e. The fourth-order valence-corrected chi connectivity index (χ4v) is 5.89. The number of hydrogen-bond donors (Lipinski definition) is 0. The van der Waals surface area contributed by atoms with Crippen LogP contribution < -0.4 is 20.1 Å². The topological polar surface area (TPSA) is 35.5 Å². The van der Waals surface area contributed by atoms with Gasteiger partial charge in [0.1, 0.15) is 11.5 Å². The van der Waals surface area contributed by atoms with E-state index in [1.54, 1.807) is 14.2 Å². The van der Waals surface area contributed by atoms with Crippen LogP contribution in [0, 0.1) is 6.92 Å².